The Labute approximate surface area is 213 Å². The standard InChI is InChI=1S/C31H23NO5/c33-26-15-14-23(19-25(26)32-29(34)16-17-30(35)36)21-10-12-22(13-11-21)31-24-8-4-5-9-27(24)37-28(31)18-20-6-2-1-3-7-20/h1-17,19,33H,18H2,(H,32,34)(H,35,36)/b17-16-. The Morgan fingerprint density at radius 3 is 2.22 bits per heavy atom. The highest BCUT2D eigenvalue weighted by Gasteiger charge is 2.16. The average molecular weight is 490 g/mol. The van der Waals surface area contributed by atoms with E-state index in [1.807, 2.05) is 60.7 Å². The molecule has 6 nitrogen and oxygen atoms in total. The number of aromatic hydroxyl groups is 1. The van der Waals surface area contributed by atoms with Crippen LogP contribution in [0.25, 0.3) is 33.2 Å². The predicted molar refractivity (Wildman–Crippen MR) is 143 cm³/mol. The number of rotatable bonds is 7. The number of hydrogen-bond donors (Lipinski definition) is 3. The van der Waals surface area contributed by atoms with Crippen LogP contribution in [0.5, 0.6) is 5.75 Å². The van der Waals surface area contributed by atoms with Gasteiger partial charge in [0.25, 0.3) is 0 Å². The van der Waals surface area contributed by atoms with E-state index in [1.54, 1.807) is 12.1 Å². The molecule has 182 valence electrons. The first-order valence-corrected chi connectivity index (χ1v) is 11.7. The van der Waals surface area contributed by atoms with E-state index < -0.39 is 11.9 Å². The number of hydrogen-bond acceptors (Lipinski definition) is 4. The first-order chi connectivity index (χ1) is 18.0. The Kier molecular flexibility index (Phi) is 6.55. The molecule has 5 rings (SSSR count). The highest BCUT2D eigenvalue weighted by atomic mass is 16.4. The molecule has 0 aliphatic carbocycles. The lowest BCUT2D eigenvalue weighted by Gasteiger charge is -2.10. The molecule has 4 aromatic carbocycles. The van der Waals surface area contributed by atoms with Gasteiger partial charge in [-0.3, -0.25) is 4.79 Å². The highest BCUT2D eigenvalue weighted by molar-refractivity contribution is 6.03. The van der Waals surface area contributed by atoms with Gasteiger partial charge in [-0.25, -0.2) is 4.79 Å². The lowest BCUT2D eigenvalue weighted by molar-refractivity contribution is -0.131. The number of phenols is 1. The van der Waals surface area contributed by atoms with E-state index in [2.05, 4.69) is 23.5 Å². The van der Waals surface area contributed by atoms with Crippen molar-refractivity contribution in [1.82, 2.24) is 0 Å². The van der Waals surface area contributed by atoms with Crippen LogP contribution in [0.3, 0.4) is 0 Å². The molecule has 5 aromatic rings. The maximum atomic E-state index is 12.0. The molecule has 0 fully saturated rings. The number of carboxylic acids is 1. The quantitative estimate of drug-likeness (QED) is 0.176. The van der Waals surface area contributed by atoms with Crippen molar-refractivity contribution in [3.63, 3.8) is 0 Å². The van der Waals surface area contributed by atoms with E-state index >= 15 is 0 Å². The molecule has 37 heavy (non-hydrogen) atoms. The summed E-state index contributed by atoms with van der Waals surface area (Å²) in [7, 11) is 0. The van der Waals surface area contributed by atoms with Crippen molar-refractivity contribution < 1.29 is 24.2 Å². The van der Waals surface area contributed by atoms with Gasteiger partial charge >= 0.3 is 5.97 Å². The summed E-state index contributed by atoms with van der Waals surface area (Å²) in [6.45, 7) is 0. The molecule has 0 atom stereocenters. The Hall–Kier alpha value is -5.10. The van der Waals surface area contributed by atoms with Crippen molar-refractivity contribution in [2.75, 3.05) is 5.32 Å². The number of phenolic OH excluding ortho intramolecular Hbond substituents is 1. The van der Waals surface area contributed by atoms with Crippen LogP contribution in [-0.4, -0.2) is 22.1 Å². The number of carbonyl (C=O) groups is 2. The smallest absolute Gasteiger partial charge is 0.328 e. The summed E-state index contributed by atoms with van der Waals surface area (Å²) in [6.07, 6.45) is 2.30. The van der Waals surface area contributed by atoms with Crippen molar-refractivity contribution in [3.05, 3.63) is 121 Å². The summed E-state index contributed by atoms with van der Waals surface area (Å²) in [5.41, 5.74) is 5.93. The SMILES string of the molecule is O=C(O)/C=C\C(=O)Nc1cc(-c2ccc(-c3c(Cc4ccccc4)oc4ccccc34)cc2)ccc1O. The lowest BCUT2D eigenvalue weighted by atomic mass is 9.96. The molecule has 0 radical (unpaired) electrons. The second kappa shape index (κ2) is 10.3. The first kappa shape index (κ1) is 23.6. The van der Waals surface area contributed by atoms with Crippen molar-refractivity contribution >= 4 is 28.5 Å². The summed E-state index contributed by atoms with van der Waals surface area (Å²) < 4.78 is 6.26. The molecule has 0 saturated heterocycles. The first-order valence-electron chi connectivity index (χ1n) is 11.7. The van der Waals surface area contributed by atoms with Crippen LogP contribution in [-0.2, 0) is 16.0 Å². The Morgan fingerprint density at radius 2 is 1.46 bits per heavy atom. The number of fused-ring (bicyclic) bond motifs is 1. The van der Waals surface area contributed by atoms with Crippen molar-refractivity contribution in [1.29, 1.82) is 0 Å². The number of furan rings is 1. The number of carbonyl (C=O) groups excluding carboxylic acids is 1. The fourth-order valence-electron chi connectivity index (χ4n) is 4.28. The number of para-hydroxylation sites is 1. The van der Waals surface area contributed by atoms with Crippen LogP contribution in [0.2, 0.25) is 0 Å². The molecular weight excluding hydrogens is 466 g/mol. The molecule has 1 amide bonds. The third-order valence-corrected chi connectivity index (χ3v) is 6.01. The number of anilines is 1. The second-order valence-corrected chi connectivity index (χ2v) is 8.53. The molecule has 1 heterocycles. The Balaban J connectivity index is 1.46. The zero-order chi connectivity index (χ0) is 25.8. The van der Waals surface area contributed by atoms with Gasteiger partial charge in [0, 0.05) is 29.5 Å². The number of aliphatic carboxylic acids is 1. The summed E-state index contributed by atoms with van der Waals surface area (Å²) in [5, 5.41) is 22.4. The van der Waals surface area contributed by atoms with E-state index in [0.29, 0.717) is 6.42 Å². The molecule has 0 unspecified atom stereocenters. The van der Waals surface area contributed by atoms with E-state index in [4.69, 9.17) is 9.52 Å². The fourth-order valence-corrected chi connectivity index (χ4v) is 4.28. The van der Waals surface area contributed by atoms with E-state index in [9.17, 15) is 14.7 Å². The molecule has 0 aliphatic rings. The summed E-state index contributed by atoms with van der Waals surface area (Å²) >= 11 is 0. The van der Waals surface area contributed by atoms with Gasteiger partial charge in [-0.1, -0.05) is 78.9 Å². The van der Waals surface area contributed by atoms with Crippen LogP contribution >= 0.6 is 0 Å². The molecule has 0 saturated carbocycles. The van der Waals surface area contributed by atoms with E-state index in [0.717, 1.165) is 56.7 Å². The number of nitrogens with one attached hydrogen (secondary N) is 1. The van der Waals surface area contributed by atoms with Crippen LogP contribution in [0.15, 0.2) is 114 Å². The van der Waals surface area contributed by atoms with E-state index in [1.165, 1.54) is 6.07 Å². The zero-order valence-electron chi connectivity index (χ0n) is 19.7. The van der Waals surface area contributed by atoms with E-state index in [-0.39, 0.29) is 11.4 Å². The van der Waals surface area contributed by atoms with Crippen LogP contribution in [0, 0.1) is 0 Å². The Bertz CT molecular complexity index is 1620. The largest absolute Gasteiger partial charge is 0.506 e. The van der Waals surface area contributed by atoms with Crippen LogP contribution in [0.1, 0.15) is 11.3 Å². The van der Waals surface area contributed by atoms with Gasteiger partial charge < -0.3 is 19.9 Å². The van der Waals surface area contributed by atoms with Gasteiger partial charge in [0.1, 0.15) is 17.1 Å². The number of carboxylic acid groups (broad SMARTS) is 1. The number of amides is 1. The van der Waals surface area contributed by atoms with Crippen molar-refractivity contribution in [2.24, 2.45) is 0 Å². The summed E-state index contributed by atoms with van der Waals surface area (Å²) in [6, 6.07) is 31.1. The maximum absolute atomic E-state index is 12.0. The third kappa shape index (κ3) is 5.28. The van der Waals surface area contributed by atoms with Gasteiger partial charge in [-0.05, 0) is 40.5 Å². The third-order valence-electron chi connectivity index (χ3n) is 6.01. The van der Waals surface area contributed by atoms with Gasteiger partial charge in [0.15, 0.2) is 0 Å². The molecule has 6 heteroatoms. The van der Waals surface area contributed by atoms with Gasteiger partial charge in [-0.15, -0.1) is 0 Å². The number of benzene rings is 4. The summed E-state index contributed by atoms with van der Waals surface area (Å²) in [5.74, 6) is -1.11. The normalized spacial score (nSPS) is 11.1. The van der Waals surface area contributed by atoms with Crippen molar-refractivity contribution in [2.45, 2.75) is 6.42 Å². The van der Waals surface area contributed by atoms with Gasteiger partial charge in [-0.2, -0.15) is 0 Å². The lowest BCUT2D eigenvalue weighted by Crippen LogP contribution is -2.08. The molecule has 3 N–H and O–H groups in total. The van der Waals surface area contributed by atoms with Crippen LogP contribution < -0.4 is 5.32 Å². The predicted octanol–water partition coefficient (Wildman–Crippen LogP) is 6.64. The Morgan fingerprint density at radius 1 is 0.784 bits per heavy atom. The minimum absolute atomic E-state index is 0.118. The molecule has 0 spiro atoms. The monoisotopic (exact) mass is 489 g/mol. The second-order valence-electron chi connectivity index (χ2n) is 8.53. The maximum Gasteiger partial charge on any atom is 0.328 e. The van der Waals surface area contributed by atoms with Gasteiger partial charge in [0.05, 0.1) is 5.69 Å². The molecule has 0 bridgehead atoms. The fraction of sp³-hybridized carbons (Fsp3) is 0.0323. The zero-order valence-corrected chi connectivity index (χ0v) is 19.7. The van der Waals surface area contributed by atoms with Crippen LogP contribution in [0.4, 0.5) is 5.69 Å². The molecule has 1 aromatic heterocycles. The molecular formula is C31H23NO5. The topological polar surface area (TPSA) is 99.8 Å². The summed E-state index contributed by atoms with van der Waals surface area (Å²) in [4.78, 5) is 22.6. The highest BCUT2D eigenvalue weighted by Crippen LogP contribution is 2.37. The van der Waals surface area contributed by atoms with Gasteiger partial charge in [0.2, 0.25) is 5.91 Å². The van der Waals surface area contributed by atoms with Crippen molar-refractivity contribution in [3.8, 4) is 28.0 Å². The minimum Gasteiger partial charge on any atom is -0.506 e. The average Bonchev–Trinajstić information content (AvgIpc) is 3.27. The molecule has 0 aliphatic heterocycles. The minimum atomic E-state index is -1.23.